The van der Waals surface area contributed by atoms with Crippen molar-refractivity contribution in [3.63, 3.8) is 0 Å². The minimum atomic E-state index is -1.04. The maximum atomic E-state index is 11.7. The molecule has 0 bridgehead atoms. The Hall–Kier alpha value is -2.70. The lowest BCUT2D eigenvalue weighted by Crippen LogP contribution is -2.28. The van der Waals surface area contributed by atoms with Crippen LogP contribution in [0.3, 0.4) is 0 Å². The van der Waals surface area contributed by atoms with Crippen LogP contribution >= 0.6 is 0 Å². The van der Waals surface area contributed by atoms with E-state index >= 15 is 0 Å². The third kappa shape index (κ3) is 3.64. The number of amides is 1. The molecule has 2 N–H and O–H groups in total. The molecule has 0 fully saturated rings. The van der Waals surface area contributed by atoms with E-state index in [9.17, 15) is 9.59 Å². The zero-order valence-electron chi connectivity index (χ0n) is 10.6. The highest BCUT2D eigenvalue weighted by atomic mass is 16.5. The highest BCUT2D eigenvalue weighted by Crippen LogP contribution is 2.09. The third-order valence-electron chi connectivity index (χ3n) is 2.68. The van der Waals surface area contributed by atoms with Crippen molar-refractivity contribution in [2.75, 3.05) is 6.54 Å². The molecule has 7 heteroatoms. The van der Waals surface area contributed by atoms with Crippen LogP contribution in [0.25, 0.3) is 0 Å². The molecule has 1 aromatic heterocycles. The number of carbonyl (C=O) groups excluding carboxylic acids is 1. The summed E-state index contributed by atoms with van der Waals surface area (Å²) in [7, 11) is 0. The number of aromatic nitrogens is 2. The second-order valence-corrected chi connectivity index (χ2v) is 4.09. The second-order valence-electron chi connectivity index (χ2n) is 4.09. The summed E-state index contributed by atoms with van der Waals surface area (Å²) in [6, 6.07) is 6.43. The van der Waals surface area contributed by atoms with Crippen molar-refractivity contribution < 1.29 is 19.2 Å². The Morgan fingerprint density at radius 1 is 1.30 bits per heavy atom. The first-order valence-electron chi connectivity index (χ1n) is 6.00. The Kier molecular flexibility index (Phi) is 4.43. The molecular weight excluding hydrogens is 262 g/mol. The van der Waals surface area contributed by atoms with Crippen LogP contribution in [0.5, 0.6) is 0 Å². The van der Waals surface area contributed by atoms with Crippen molar-refractivity contribution in [1.82, 2.24) is 15.5 Å². The fraction of sp³-hybridized carbons (Fsp3) is 0.231. The molecule has 0 radical (unpaired) electrons. The lowest BCUT2D eigenvalue weighted by Gasteiger charge is -2.06. The van der Waals surface area contributed by atoms with Gasteiger partial charge in [0.1, 0.15) is 0 Å². The van der Waals surface area contributed by atoms with Crippen LogP contribution in [-0.4, -0.2) is 33.7 Å². The summed E-state index contributed by atoms with van der Waals surface area (Å²) in [4.78, 5) is 26.6. The Labute approximate surface area is 114 Å². The van der Waals surface area contributed by atoms with Crippen molar-refractivity contribution in [2.24, 2.45) is 0 Å². The standard InChI is InChI=1S/C13H13N3O4/c17-12(14-6-5-11-15-8-20-16-11)7-9-3-1-2-4-10(9)13(18)19/h1-4,8H,5-7H2,(H,14,17)(H,18,19). The molecule has 0 aliphatic heterocycles. The summed E-state index contributed by atoms with van der Waals surface area (Å²) in [6.45, 7) is 0.369. The van der Waals surface area contributed by atoms with Crippen molar-refractivity contribution >= 4 is 11.9 Å². The number of carbonyl (C=O) groups is 2. The van der Waals surface area contributed by atoms with Crippen molar-refractivity contribution in [1.29, 1.82) is 0 Å². The van der Waals surface area contributed by atoms with E-state index in [1.54, 1.807) is 18.2 Å². The largest absolute Gasteiger partial charge is 0.478 e. The molecule has 2 rings (SSSR count). The van der Waals surface area contributed by atoms with Crippen molar-refractivity contribution in [3.05, 3.63) is 47.6 Å². The monoisotopic (exact) mass is 275 g/mol. The van der Waals surface area contributed by atoms with Crippen LogP contribution in [0.1, 0.15) is 21.7 Å². The molecule has 0 unspecified atom stereocenters. The zero-order valence-corrected chi connectivity index (χ0v) is 10.6. The number of carboxylic acid groups (broad SMARTS) is 1. The first-order chi connectivity index (χ1) is 9.66. The molecule has 0 spiro atoms. The summed E-state index contributed by atoms with van der Waals surface area (Å²) < 4.78 is 4.57. The van der Waals surface area contributed by atoms with E-state index in [1.165, 1.54) is 12.5 Å². The predicted molar refractivity (Wildman–Crippen MR) is 68.1 cm³/mol. The van der Waals surface area contributed by atoms with E-state index in [0.29, 0.717) is 24.4 Å². The van der Waals surface area contributed by atoms with Crippen LogP contribution in [0.2, 0.25) is 0 Å². The lowest BCUT2D eigenvalue weighted by atomic mass is 10.0. The van der Waals surface area contributed by atoms with Crippen LogP contribution in [0, 0.1) is 0 Å². The number of benzene rings is 1. The van der Waals surface area contributed by atoms with E-state index in [1.807, 2.05) is 0 Å². The molecule has 20 heavy (non-hydrogen) atoms. The van der Waals surface area contributed by atoms with Gasteiger partial charge in [0.25, 0.3) is 0 Å². The van der Waals surface area contributed by atoms with E-state index in [2.05, 4.69) is 20.0 Å². The molecule has 2 aromatic rings. The Morgan fingerprint density at radius 3 is 2.80 bits per heavy atom. The maximum absolute atomic E-state index is 11.7. The van der Waals surface area contributed by atoms with E-state index in [-0.39, 0.29) is 17.9 Å². The van der Waals surface area contributed by atoms with Crippen LogP contribution in [-0.2, 0) is 17.6 Å². The summed E-state index contributed by atoms with van der Waals surface area (Å²) in [6.07, 6.45) is 1.71. The Balaban J connectivity index is 1.87. The SMILES string of the molecule is O=C(Cc1ccccc1C(=O)O)NCCc1ncon1. The number of hydrogen-bond acceptors (Lipinski definition) is 5. The molecular formula is C13H13N3O4. The highest BCUT2D eigenvalue weighted by Gasteiger charge is 2.12. The molecule has 0 aliphatic carbocycles. The van der Waals surface area contributed by atoms with Gasteiger partial charge in [-0.3, -0.25) is 4.79 Å². The minimum Gasteiger partial charge on any atom is -0.478 e. The molecule has 1 aromatic carbocycles. The van der Waals surface area contributed by atoms with Gasteiger partial charge in [-0.25, -0.2) is 4.79 Å². The molecule has 0 aliphatic rings. The van der Waals surface area contributed by atoms with E-state index < -0.39 is 5.97 Å². The van der Waals surface area contributed by atoms with E-state index in [0.717, 1.165) is 0 Å². The van der Waals surface area contributed by atoms with Gasteiger partial charge in [0.15, 0.2) is 5.82 Å². The Morgan fingerprint density at radius 2 is 2.10 bits per heavy atom. The smallest absolute Gasteiger partial charge is 0.335 e. The van der Waals surface area contributed by atoms with Crippen LogP contribution in [0.15, 0.2) is 35.2 Å². The Bertz CT molecular complexity index is 595. The fourth-order valence-electron chi connectivity index (χ4n) is 1.73. The van der Waals surface area contributed by atoms with Crippen LogP contribution in [0.4, 0.5) is 0 Å². The van der Waals surface area contributed by atoms with Gasteiger partial charge < -0.3 is 14.9 Å². The molecule has 1 amide bonds. The van der Waals surface area contributed by atoms with Crippen molar-refractivity contribution in [3.8, 4) is 0 Å². The van der Waals surface area contributed by atoms with Gasteiger partial charge >= 0.3 is 5.97 Å². The molecule has 1 heterocycles. The van der Waals surface area contributed by atoms with Gasteiger partial charge in [-0.2, -0.15) is 4.98 Å². The van der Waals surface area contributed by atoms with Gasteiger partial charge in [0.2, 0.25) is 12.3 Å². The third-order valence-corrected chi connectivity index (χ3v) is 2.68. The summed E-state index contributed by atoms with van der Waals surface area (Å²) >= 11 is 0. The molecule has 0 saturated carbocycles. The number of aromatic carboxylic acids is 1. The van der Waals surface area contributed by atoms with Crippen molar-refractivity contribution in [2.45, 2.75) is 12.8 Å². The average Bonchev–Trinajstić information content (AvgIpc) is 2.92. The number of nitrogens with one attached hydrogen (secondary N) is 1. The average molecular weight is 275 g/mol. The normalized spacial score (nSPS) is 10.2. The molecule has 7 nitrogen and oxygen atoms in total. The summed E-state index contributed by atoms with van der Waals surface area (Å²) in [5, 5.41) is 15.3. The molecule has 0 atom stereocenters. The zero-order chi connectivity index (χ0) is 14.4. The minimum absolute atomic E-state index is 0.0225. The fourth-order valence-corrected chi connectivity index (χ4v) is 1.73. The maximum Gasteiger partial charge on any atom is 0.335 e. The topological polar surface area (TPSA) is 105 Å². The van der Waals surface area contributed by atoms with E-state index in [4.69, 9.17) is 5.11 Å². The van der Waals surface area contributed by atoms with Crippen LogP contribution < -0.4 is 5.32 Å². The first kappa shape index (κ1) is 13.7. The summed E-state index contributed by atoms with van der Waals surface area (Å²) in [5.74, 6) is -0.779. The van der Waals surface area contributed by atoms with Gasteiger partial charge in [0.05, 0.1) is 12.0 Å². The highest BCUT2D eigenvalue weighted by molar-refractivity contribution is 5.91. The molecule has 104 valence electrons. The number of rotatable bonds is 6. The quantitative estimate of drug-likeness (QED) is 0.802. The summed E-state index contributed by atoms with van der Waals surface area (Å²) in [5.41, 5.74) is 0.623. The molecule has 0 saturated heterocycles. The van der Waals surface area contributed by atoms with Gasteiger partial charge in [0, 0.05) is 13.0 Å². The van der Waals surface area contributed by atoms with Gasteiger partial charge in [-0.15, -0.1) is 0 Å². The number of carboxylic acids is 1. The predicted octanol–water partition coefficient (Wildman–Crippen LogP) is 0.669. The number of nitrogens with zero attached hydrogens (tertiary/aromatic N) is 2. The van der Waals surface area contributed by atoms with Gasteiger partial charge in [-0.05, 0) is 11.6 Å². The van der Waals surface area contributed by atoms with Gasteiger partial charge in [-0.1, -0.05) is 23.4 Å². The lowest BCUT2D eigenvalue weighted by molar-refractivity contribution is -0.120. The first-order valence-corrected chi connectivity index (χ1v) is 6.00. The number of hydrogen-bond donors (Lipinski definition) is 2. The second kappa shape index (κ2) is 6.46.